The van der Waals surface area contributed by atoms with Crippen molar-refractivity contribution < 1.29 is 0 Å². The SMILES string of the molecule is C=C(C)C1=CC=IC=C1. The molecule has 0 aromatic carbocycles. The predicted octanol–water partition coefficient (Wildman–Crippen LogP) is 2.79. The third kappa shape index (κ3) is 1.90. The molecule has 1 heteroatoms. The van der Waals surface area contributed by atoms with E-state index in [9.17, 15) is 0 Å². The van der Waals surface area contributed by atoms with Crippen molar-refractivity contribution >= 4 is 24.7 Å². The van der Waals surface area contributed by atoms with Gasteiger partial charge in [-0.05, 0) is 32.7 Å². The molecule has 1 aliphatic heterocycles. The summed E-state index contributed by atoms with van der Waals surface area (Å²) in [6.07, 6.45) is 4.32. The van der Waals surface area contributed by atoms with E-state index in [1.54, 1.807) is 0 Å². The largest absolute Gasteiger partial charge is 0.0955 e. The third-order valence-corrected chi connectivity index (χ3v) is 2.67. The van der Waals surface area contributed by atoms with Gasteiger partial charge in [0.05, 0.1) is 0 Å². The second kappa shape index (κ2) is 3.11. The van der Waals surface area contributed by atoms with Gasteiger partial charge in [-0.3, -0.25) is 0 Å². The van der Waals surface area contributed by atoms with Gasteiger partial charge in [0, 0.05) is 0 Å². The average molecular weight is 232 g/mol. The van der Waals surface area contributed by atoms with E-state index in [0.717, 1.165) is 5.57 Å². The van der Waals surface area contributed by atoms with Crippen LogP contribution in [0.1, 0.15) is 6.92 Å². The van der Waals surface area contributed by atoms with Gasteiger partial charge in [0.15, 0.2) is 0 Å². The maximum absolute atomic E-state index is 3.85. The number of rotatable bonds is 1. The van der Waals surface area contributed by atoms with Crippen LogP contribution in [0.25, 0.3) is 0 Å². The van der Waals surface area contributed by atoms with Crippen molar-refractivity contribution in [1.82, 2.24) is 0 Å². The lowest BCUT2D eigenvalue weighted by Crippen LogP contribution is -1.80. The molecule has 0 N–H and O–H groups in total. The molecule has 0 saturated heterocycles. The highest BCUT2D eigenvalue weighted by Gasteiger charge is 1.91. The summed E-state index contributed by atoms with van der Waals surface area (Å²) in [5.41, 5.74) is 2.44. The number of hydrogen-bond donors (Lipinski definition) is 0. The molecule has 0 aromatic rings. The monoisotopic (exact) mass is 232 g/mol. The molecule has 0 nitrogen and oxygen atoms in total. The van der Waals surface area contributed by atoms with Gasteiger partial charge in [0.25, 0.3) is 0 Å². The fourth-order valence-electron chi connectivity index (χ4n) is 0.591. The summed E-state index contributed by atoms with van der Waals surface area (Å²) in [5, 5.41) is 0. The lowest BCUT2D eigenvalue weighted by atomic mass is 10.1. The highest BCUT2D eigenvalue weighted by atomic mass is 127. The van der Waals surface area contributed by atoms with Crippen molar-refractivity contribution in [3.05, 3.63) is 34.0 Å². The van der Waals surface area contributed by atoms with Gasteiger partial charge in [0.1, 0.15) is 0 Å². The molecule has 0 amide bonds. The van der Waals surface area contributed by atoms with E-state index in [2.05, 4.69) is 26.8 Å². The molecule has 0 fully saturated rings. The summed E-state index contributed by atoms with van der Waals surface area (Å²) in [7, 11) is 0. The Morgan fingerprint density at radius 3 is 2.78 bits per heavy atom. The molecule has 0 saturated carbocycles. The van der Waals surface area contributed by atoms with Crippen LogP contribution in [0.5, 0.6) is 0 Å². The summed E-state index contributed by atoms with van der Waals surface area (Å²) >= 11 is 0.239. The third-order valence-electron chi connectivity index (χ3n) is 1.12. The summed E-state index contributed by atoms with van der Waals surface area (Å²) in [6.45, 7) is 5.89. The average Bonchev–Trinajstić information content (AvgIpc) is 1.90. The Morgan fingerprint density at radius 1 is 1.67 bits per heavy atom. The number of halogens is 1. The van der Waals surface area contributed by atoms with Crippen LogP contribution in [0.15, 0.2) is 34.0 Å². The number of allylic oxidation sites excluding steroid dienone is 4. The van der Waals surface area contributed by atoms with Gasteiger partial charge in [-0.15, -0.1) is 0 Å². The van der Waals surface area contributed by atoms with Gasteiger partial charge >= 0.3 is 0 Å². The van der Waals surface area contributed by atoms with Crippen LogP contribution in [-0.4, -0.2) is 4.01 Å². The minimum Gasteiger partial charge on any atom is -0.0955 e. The van der Waals surface area contributed by atoms with Crippen LogP contribution in [-0.2, 0) is 0 Å². The molecular formula is C8H9I. The molecule has 48 valence electrons. The first kappa shape index (κ1) is 6.93. The zero-order valence-electron chi connectivity index (χ0n) is 5.39. The molecule has 1 heterocycles. The van der Waals surface area contributed by atoms with Gasteiger partial charge in [-0.25, -0.2) is 0 Å². The summed E-state index contributed by atoms with van der Waals surface area (Å²) in [6, 6.07) is 0. The Morgan fingerprint density at radius 2 is 2.44 bits per heavy atom. The Labute approximate surface area is 65.7 Å². The zero-order valence-corrected chi connectivity index (χ0v) is 7.55. The lowest BCUT2D eigenvalue weighted by Gasteiger charge is -1.99. The van der Waals surface area contributed by atoms with E-state index < -0.39 is 0 Å². The second-order valence-corrected chi connectivity index (χ2v) is 4.10. The molecule has 9 heavy (non-hydrogen) atoms. The summed E-state index contributed by atoms with van der Waals surface area (Å²) in [4.78, 5) is 0. The Kier molecular flexibility index (Phi) is 2.39. The minimum absolute atomic E-state index is 0.239. The molecule has 0 aromatic heterocycles. The van der Waals surface area contributed by atoms with Crippen molar-refractivity contribution in [3.8, 4) is 0 Å². The van der Waals surface area contributed by atoms with Gasteiger partial charge in [-0.1, -0.05) is 32.9 Å². The molecule has 0 radical (unpaired) electrons. The van der Waals surface area contributed by atoms with Crippen molar-refractivity contribution in [2.24, 2.45) is 0 Å². The minimum atomic E-state index is 0.239. The summed E-state index contributed by atoms with van der Waals surface area (Å²) in [5.74, 6) is 0. The first-order valence-electron chi connectivity index (χ1n) is 2.78. The van der Waals surface area contributed by atoms with Crippen molar-refractivity contribution in [3.63, 3.8) is 0 Å². The number of hydrogen-bond acceptors (Lipinski definition) is 0. The van der Waals surface area contributed by atoms with Crippen LogP contribution in [0, 0.1) is 0 Å². The van der Waals surface area contributed by atoms with E-state index in [4.69, 9.17) is 0 Å². The maximum atomic E-state index is 3.85. The Bertz CT molecular complexity index is 207. The van der Waals surface area contributed by atoms with Crippen LogP contribution >= 0.6 is 20.7 Å². The molecule has 0 unspecified atom stereocenters. The predicted molar refractivity (Wildman–Crippen MR) is 52.1 cm³/mol. The van der Waals surface area contributed by atoms with Crippen LogP contribution in [0.3, 0.4) is 0 Å². The van der Waals surface area contributed by atoms with E-state index in [1.165, 1.54) is 5.57 Å². The molecule has 1 aliphatic rings. The van der Waals surface area contributed by atoms with Gasteiger partial charge in [0.2, 0.25) is 0 Å². The molecule has 0 bridgehead atoms. The standard InChI is InChI=1S/C8H9I/c1-7(2)8-3-5-9-6-4-8/h3-6H,1H2,2H3. The first-order chi connectivity index (χ1) is 4.30. The molecule has 0 aliphatic carbocycles. The van der Waals surface area contributed by atoms with E-state index >= 15 is 0 Å². The maximum Gasteiger partial charge on any atom is -0.0225 e. The van der Waals surface area contributed by atoms with Crippen molar-refractivity contribution in [2.45, 2.75) is 6.92 Å². The van der Waals surface area contributed by atoms with E-state index in [-0.39, 0.29) is 20.7 Å². The highest BCUT2D eigenvalue weighted by Crippen LogP contribution is 2.14. The summed E-state index contributed by atoms with van der Waals surface area (Å²) < 4.78 is 4.51. The highest BCUT2D eigenvalue weighted by molar-refractivity contribution is 14.2. The normalized spacial score (nSPS) is 16.3. The first-order valence-corrected chi connectivity index (χ1v) is 5.28. The fourth-order valence-corrected chi connectivity index (χ4v) is 2.02. The van der Waals surface area contributed by atoms with Crippen molar-refractivity contribution in [2.75, 3.05) is 0 Å². The van der Waals surface area contributed by atoms with Crippen LogP contribution in [0.2, 0.25) is 0 Å². The Balaban J connectivity index is 2.84. The smallest absolute Gasteiger partial charge is 0.0225 e. The van der Waals surface area contributed by atoms with Crippen LogP contribution < -0.4 is 0 Å². The Hall–Kier alpha value is -0.180. The van der Waals surface area contributed by atoms with Crippen LogP contribution in [0.4, 0.5) is 0 Å². The lowest BCUT2D eigenvalue weighted by molar-refractivity contribution is 1.47. The molecular weight excluding hydrogens is 223 g/mol. The molecule has 1 rings (SSSR count). The second-order valence-electron chi connectivity index (χ2n) is 1.95. The molecule has 0 spiro atoms. The topological polar surface area (TPSA) is 0 Å². The van der Waals surface area contributed by atoms with E-state index in [0.29, 0.717) is 0 Å². The van der Waals surface area contributed by atoms with Gasteiger partial charge in [-0.2, -0.15) is 0 Å². The fraction of sp³-hybridized carbons (Fsp3) is 0.125. The van der Waals surface area contributed by atoms with Gasteiger partial charge < -0.3 is 0 Å². The quantitative estimate of drug-likeness (QED) is 0.610. The zero-order chi connectivity index (χ0) is 6.69. The van der Waals surface area contributed by atoms with Crippen molar-refractivity contribution in [1.29, 1.82) is 0 Å². The van der Waals surface area contributed by atoms with E-state index in [1.807, 2.05) is 6.92 Å². The molecule has 0 atom stereocenters.